The highest BCUT2D eigenvalue weighted by atomic mass is 16.4. The fourth-order valence-corrected chi connectivity index (χ4v) is 5.67. The first kappa shape index (κ1) is 30.1. The van der Waals surface area contributed by atoms with E-state index in [1.807, 2.05) is 48.5 Å². The number of carboxylic acid groups (broad SMARTS) is 1. The minimum absolute atomic E-state index is 0.155. The van der Waals surface area contributed by atoms with Crippen molar-refractivity contribution in [3.63, 3.8) is 0 Å². The molecule has 6 N–H and O–H groups in total. The zero-order valence-corrected chi connectivity index (χ0v) is 24.0. The van der Waals surface area contributed by atoms with Gasteiger partial charge in [-0.15, -0.1) is 0 Å². The summed E-state index contributed by atoms with van der Waals surface area (Å²) in [5.74, 6) is -4.08. The Morgan fingerprint density at radius 1 is 0.500 bits per heavy atom. The number of phenols is 5. The molecule has 11 heteroatoms. The van der Waals surface area contributed by atoms with Crippen LogP contribution in [0.25, 0.3) is 44.2 Å². The topological polar surface area (TPSA) is 142 Å². The van der Waals surface area contributed by atoms with E-state index in [1.54, 1.807) is 48.5 Å². The molecule has 0 aliphatic carbocycles. The number of rotatable bonds is 5. The first-order chi connectivity index (χ1) is 22.0. The number of nitrogens with zero attached hydrogens (tertiary/aromatic N) is 1. The van der Waals surface area contributed by atoms with Gasteiger partial charge in [0.1, 0.15) is 40.8 Å². The summed E-state index contributed by atoms with van der Waals surface area (Å²) in [6.45, 7) is 0. The summed E-state index contributed by atoms with van der Waals surface area (Å²) < 4.78 is 0. The minimum Gasteiger partial charge on any atom is -0.508 e. The molecule has 0 aromatic heterocycles. The van der Waals surface area contributed by atoms with E-state index in [2.05, 4.69) is 0 Å². The fourth-order valence-electron chi connectivity index (χ4n) is 5.67. The quantitative estimate of drug-likeness (QED) is 0.0967. The third kappa shape index (κ3) is 4.73. The Kier molecular flexibility index (Phi) is 7.53. The van der Waals surface area contributed by atoms with Gasteiger partial charge in [0.2, 0.25) is 0 Å². The maximum absolute atomic E-state index is 12.7. The van der Waals surface area contributed by atoms with Gasteiger partial charge in [-0.1, -0.05) is 97.1 Å². The Labute approximate surface area is 267 Å². The van der Waals surface area contributed by atoms with E-state index in [0.717, 1.165) is 16.5 Å². The first-order valence-corrected chi connectivity index (χ1v) is 13.9. The first-order valence-electron chi connectivity index (χ1n) is 13.9. The molecule has 0 aliphatic heterocycles. The molecule has 0 atom stereocenters. The number of phenolic OH excluding ortho intramolecular Hbond substituents is 5. The van der Waals surface area contributed by atoms with Crippen LogP contribution >= 0.6 is 0 Å². The second-order valence-electron chi connectivity index (χ2n) is 10.5. The molecule has 6 aromatic carbocycles. The van der Waals surface area contributed by atoms with Crippen LogP contribution in [0.5, 0.6) is 28.7 Å². The van der Waals surface area contributed by atoms with Crippen LogP contribution in [0.15, 0.2) is 97.1 Å². The third-order valence-electron chi connectivity index (χ3n) is 7.90. The van der Waals surface area contributed by atoms with Crippen molar-refractivity contribution < 1.29 is 35.4 Å². The molecular formula is C35H22B3NO7. The predicted molar refractivity (Wildman–Crippen MR) is 181 cm³/mol. The van der Waals surface area contributed by atoms with Crippen molar-refractivity contribution in [1.82, 2.24) is 0 Å². The van der Waals surface area contributed by atoms with Gasteiger partial charge in [-0.25, -0.2) is 9.69 Å². The van der Waals surface area contributed by atoms with Crippen molar-refractivity contribution in [1.29, 1.82) is 0 Å². The molecular weight excluding hydrogens is 579 g/mol. The summed E-state index contributed by atoms with van der Waals surface area (Å²) in [7, 11) is 18.8. The molecule has 0 bridgehead atoms. The molecule has 6 rings (SSSR count). The van der Waals surface area contributed by atoms with E-state index in [1.165, 1.54) is 0 Å². The highest BCUT2D eigenvalue weighted by molar-refractivity contribution is 6.49. The van der Waals surface area contributed by atoms with Gasteiger partial charge in [0, 0.05) is 5.69 Å². The summed E-state index contributed by atoms with van der Waals surface area (Å²) in [5.41, 5.74) is -1.32. The SMILES string of the molecule is [B]c1c(O)c(-c2cccc3ccccc23)c(O)c([B])c1N(C(=O)O)c1c([B])c(O)c(-c2ccc(-c3ccccc3)cc2)c(O)c1O. The molecule has 8 nitrogen and oxygen atoms in total. The highest BCUT2D eigenvalue weighted by Gasteiger charge is 2.33. The minimum atomic E-state index is -1.82. The van der Waals surface area contributed by atoms with Crippen molar-refractivity contribution in [3.8, 4) is 62.1 Å². The van der Waals surface area contributed by atoms with Gasteiger partial charge >= 0.3 is 6.09 Å². The largest absolute Gasteiger partial charge is 0.508 e. The van der Waals surface area contributed by atoms with Crippen LogP contribution in [0.1, 0.15) is 0 Å². The predicted octanol–water partition coefficient (Wildman–Crippen LogP) is 4.57. The van der Waals surface area contributed by atoms with Crippen LogP contribution < -0.4 is 21.3 Å². The molecule has 6 radical (unpaired) electrons. The summed E-state index contributed by atoms with van der Waals surface area (Å²) in [4.78, 5) is 13.0. The lowest BCUT2D eigenvalue weighted by atomic mass is 9.78. The van der Waals surface area contributed by atoms with Crippen LogP contribution in [-0.4, -0.2) is 60.3 Å². The molecule has 0 saturated carbocycles. The van der Waals surface area contributed by atoms with E-state index in [-0.39, 0.29) is 21.6 Å². The molecule has 46 heavy (non-hydrogen) atoms. The lowest BCUT2D eigenvalue weighted by Gasteiger charge is -2.30. The van der Waals surface area contributed by atoms with Gasteiger partial charge in [-0.05, 0) is 49.4 Å². The van der Waals surface area contributed by atoms with Crippen molar-refractivity contribution in [2.45, 2.75) is 0 Å². The van der Waals surface area contributed by atoms with Crippen LogP contribution in [0, 0.1) is 0 Å². The van der Waals surface area contributed by atoms with E-state index >= 15 is 0 Å². The normalized spacial score (nSPS) is 11.0. The van der Waals surface area contributed by atoms with Crippen molar-refractivity contribution in [2.24, 2.45) is 0 Å². The number of hydrogen-bond donors (Lipinski definition) is 6. The van der Waals surface area contributed by atoms with E-state index in [0.29, 0.717) is 10.9 Å². The van der Waals surface area contributed by atoms with Crippen LogP contribution in [0.2, 0.25) is 0 Å². The number of anilines is 2. The molecule has 0 saturated heterocycles. The maximum Gasteiger partial charge on any atom is 0.416 e. The molecule has 6 aromatic rings. The standard InChI is InChI=1S/C35H22B3NO7/c36-25-28(26(37)32(42)24(31(25)41)22-12-6-10-19-9-4-5-11-21(19)22)39(35(45)46)29-27(38)30(40)23(33(43)34(29)44)20-15-13-18(14-16-20)17-7-2-1-3-8-17/h1-16,40-44H,(H,45,46). The van der Waals surface area contributed by atoms with Crippen molar-refractivity contribution >= 4 is 68.2 Å². The molecule has 0 aliphatic rings. The van der Waals surface area contributed by atoms with Gasteiger partial charge in [0.15, 0.2) is 11.5 Å². The van der Waals surface area contributed by atoms with E-state index in [9.17, 15) is 35.4 Å². The zero-order valence-electron chi connectivity index (χ0n) is 24.0. The Morgan fingerprint density at radius 3 is 1.63 bits per heavy atom. The molecule has 218 valence electrons. The summed E-state index contributed by atoms with van der Waals surface area (Å²) in [6.07, 6.45) is -1.82. The Balaban J connectivity index is 1.52. The zero-order chi connectivity index (χ0) is 32.9. The van der Waals surface area contributed by atoms with E-state index in [4.69, 9.17) is 23.5 Å². The Hall–Kier alpha value is -5.96. The van der Waals surface area contributed by atoms with Crippen molar-refractivity contribution in [2.75, 3.05) is 4.90 Å². The molecule has 0 heterocycles. The van der Waals surface area contributed by atoms with Gasteiger partial charge in [0.25, 0.3) is 0 Å². The van der Waals surface area contributed by atoms with Gasteiger partial charge in [-0.2, -0.15) is 0 Å². The number of aromatic hydroxyl groups is 5. The summed E-state index contributed by atoms with van der Waals surface area (Å²) >= 11 is 0. The smallest absolute Gasteiger partial charge is 0.416 e. The number of carbonyl (C=O) groups is 1. The lowest BCUT2D eigenvalue weighted by Crippen LogP contribution is -2.37. The number of hydrogen-bond acceptors (Lipinski definition) is 6. The molecule has 0 unspecified atom stereocenters. The molecule has 0 fully saturated rings. The van der Waals surface area contributed by atoms with Crippen LogP contribution in [0.4, 0.5) is 16.2 Å². The average molecular weight is 601 g/mol. The van der Waals surface area contributed by atoms with Gasteiger partial charge in [0.05, 0.1) is 16.8 Å². The number of benzene rings is 6. The average Bonchev–Trinajstić information content (AvgIpc) is 3.07. The number of fused-ring (bicyclic) bond motifs is 1. The second-order valence-corrected chi connectivity index (χ2v) is 10.5. The molecule has 1 amide bonds. The van der Waals surface area contributed by atoms with Crippen LogP contribution in [0.3, 0.4) is 0 Å². The highest BCUT2D eigenvalue weighted by Crippen LogP contribution is 2.49. The van der Waals surface area contributed by atoms with Crippen molar-refractivity contribution in [3.05, 3.63) is 97.1 Å². The number of amides is 1. The van der Waals surface area contributed by atoms with Crippen LogP contribution in [-0.2, 0) is 0 Å². The summed E-state index contributed by atoms with van der Waals surface area (Å²) in [5, 5.41) is 67.7. The molecule has 0 spiro atoms. The lowest BCUT2D eigenvalue weighted by molar-refractivity contribution is 0.204. The Morgan fingerprint density at radius 2 is 1.00 bits per heavy atom. The third-order valence-corrected chi connectivity index (χ3v) is 7.90. The Bertz CT molecular complexity index is 2110. The second kappa shape index (κ2) is 11.5. The van der Waals surface area contributed by atoms with Gasteiger partial charge in [-0.3, -0.25) is 0 Å². The summed E-state index contributed by atoms with van der Waals surface area (Å²) in [6, 6.07) is 28.4. The maximum atomic E-state index is 12.7. The van der Waals surface area contributed by atoms with E-state index < -0.39 is 62.6 Å². The monoisotopic (exact) mass is 601 g/mol. The fraction of sp³-hybridized carbons (Fsp3) is 0. The van der Waals surface area contributed by atoms with Gasteiger partial charge < -0.3 is 30.6 Å².